The van der Waals surface area contributed by atoms with Gasteiger partial charge in [-0.15, -0.1) is 10.9 Å². The van der Waals surface area contributed by atoms with Crippen molar-refractivity contribution < 1.29 is 43.4 Å². The minimum Gasteiger partial charge on any atom is -0.748 e. The summed E-state index contributed by atoms with van der Waals surface area (Å²) in [6.07, 6.45) is -8.99. The first-order chi connectivity index (χ1) is 23.6. The summed E-state index contributed by atoms with van der Waals surface area (Å²) in [4.78, 5) is 0. The van der Waals surface area contributed by atoms with E-state index in [9.17, 15) is 26.3 Å². The van der Waals surface area contributed by atoms with Crippen molar-refractivity contribution in [3.05, 3.63) is 172 Å². The maximum absolute atomic E-state index is 13.5. The van der Waals surface area contributed by atoms with Gasteiger partial charge in [0.15, 0.2) is 0 Å². The van der Waals surface area contributed by atoms with Crippen LogP contribution in [-0.4, -0.2) is 0 Å². The second kappa shape index (κ2) is 16.9. The summed E-state index contributed by atoms with van der Waals surface area (Å²) in [5, 5.41) is 4.65. The molecule has 272 valence electrons. The van der Waals surface area contributed by atoms with Crippen LogP contribution in [0.2, 0.25) is 0 Å². The molecule has 0 spiro atoms. The van der Waals surface area contributed by atoms with Crippen LogP contribution >= 0.6 is 15.8 Å². The molecule has 51 heavy (non-hydrogen) atoms. The fourth-order valence-electron chi connectivity index (χ4n) is 6.24. The predicted molar refractivity (Wildman–Crippen MR) is 199 cm³/mol. The van der Waals surface area contributed by atoms with Gasteiger partial charge < -0.3 is 30.3 Å². The second-order valence-electron chi connectivity index (χ2n) is 12.5. The van der Waals surface area contributed by atoms with Gasteiger partial charge in [-0.05, 0) is 94.7 Å². The van der Waals surface area contributed by atoms with Gasteiger partial charge in [0.05, 0.1) is 11.1 Å². The summed E-state index contributed by atoms with van der Waals surface area (Å²) in [7, 11) is -2.41. The van der Waals surface area contributed by atoms with Crippen molar-refractivity contribution in [2.24, 2.45) is 0 Å². The molecular formula is C42H38F6FeP2-6. The zero-order valence-electron chi connectivity index (χ0n) is 28.8. The van der Waals surface area contributed by atoms with Crippen LogP contribution in [0.15, 0.2) is 133 Å². The molecule has 0 heterocycles. The van der Waals surface area contributed by atoms with Gasteiger partial charge in [0.2, 0.25) is 0 Å². The van der Waals surface area contributed by atoms with Crippen LogP contribution in [0.5, 0.6) is 0 Å². The molecule has 0 saturated carbocycles. The number of halogens is 6. The molecule has 1 unspecified atom stereocenters. The fourth-order valence-corrected chi connectivity index (χ4v) is 11.9. The van der Waals surface area contributed by atoms with E-state index in [2.05, 4.69) is 77.1 Å². The SMILES string of the molecule is Cc1cc(C)cc(P(c2cc(C)cc(C)c2)C(C)[c-]2cccc2P(c2ccc(C(F)(F)F)cc2)c2ccc(C(F)(F)F)cc2)c1.[Fe].[cH-]1[cH-][cH-][cH-][cH-]1. The molecule has 0 aliphatic rings. The number of aryl methyl sites for hydroxylation is 4. The Bertz CT molecular complexity index is 1820. The standard InChI is InChI=1S/C37H33F6P2.C5H5.Fe/c1-23-17-24(2)20-32(19-23)44(33-21-25(3)18-26(4)22-33)27(5)34-7-6-8-35(34)45(30-13-9-28(10-14-30)36(38,39)40)31-15-11-29(12-16-31)37(41,42)43;1-2-4-5-3-1;/h6-22,27H,1-5H3;1-5H;/q-1;-5;. The Morgan fingerprint density at radius 3 is 1.22 bits per heavy atom. The van der Waals surface area contributed by atoms with Crippen LogP contribution < -0.4 is 26.5 Å². The van der Waals surface area contributed by atoms with E-state index in [-0.39, 0.29) is 22.7 Å². The summed E-state index contributed by atoms with van der Waals surface area (Å²) in [6, 6.07) is 39.2. The normalized spacial score (nSPS) is 12.3. The summed E-state index contributed by atoms with van der Waals surface area (Å²) < 4.78 is 80.8. The second-order valence-corrected chi connectivity index (χ2v) is 17.2. The van der Waals surface area contributed by atoms with Gasteiger partial charge >= 0.3 is 12.4 Å². The van der Waals surface area contributed by atoms with Gasteiger partial charge in [0, 0.05) is 17.1 Å². The molecule has 0 aliphatic heterocycles. The third kappa shape index (κ3) is 10.1. The molecule has 0 radical (unpaired) electrons. The Hall–Kier alpha value is -3.46. The molecule has 0 bridgehead atoms. The van der Waals surface area contributed by atoms with Crippen molar-refractivity contribution in [1.29, 1.82) is 0 Å². The van der Waals surface area contributed by atoms with E-state index < -0.39 is 39.3 Å². The Labute approximate surface area is 309 Å². The number of hydrogen-bond donors (Lipinski definition) is 0. The summed E-state index contributed by atoms with van der Waals surface area (Å²) in [6.45, 7) is 10.5. The number of benzene rings is 4. The van der Waals surface area contributed by atoms with Gasteiger partial charge in [-0.3, -0.25) is 0 Å². The van der Waals surface area contributed by atoms with E-state index in [1.165, 1.54) is 34.9 Å². The minimum atomic E-state index is -4.50. The van der Waals surface area contributed by atoms with Gasteiger partial charge in [-0.25, -0.2) is 12.1 Å². The monoisotopic (exact) mass is 774 g/mol. The van der Waals surface area contributed by atoms with E-state index >= 15 is 0 Å². The summed E-state index contributed by atoms with van der Waals surface area (Å²) in [5.41, 5.74) is 4.16. The van der Waals surface area contributed by atoms with E-state index in [1.807, 2.05) is 42.5 Å². The Balaban J connectivity index is 0.000000894. The molecule has 1 atom stereocenters. The first-order valence-corrected chi connectivity index (χ1v) is 18.9. The van der Waals surface area contributed by atoms with Crippen LogP contribution in [0.25, 0.3) is 0 Å². The zero-order chi connectivity index (χ0) is 36.2. The largest absolute Gasteiger partial charge is 0.748 e. The van der Waals surface area contributed by atoms with E-state index in [0.29, 0.717) is 10.6 Å². The van der Waals surface area contributed by atoms with Crippen LogP contribution in [0.4, 0.5) is 26.3 Å². The molecule has 0 aliphatic carbocycles. The maximum atomic E-state index is 13.5. The van der Waals surface area contributed by atoms with Crippen molar-refractivity contribution in [2.75, 3.05) is 0 Å². The third-order valence-corrected chi connectivity index (χ3v) is 13.5. The van der Waals surface area contributed by atoms with Gasteiger partial charge in [0.25, 0.3) is 0 Å². The molecular weight excluding hydrogens is 736 g/mol. The van der Waals surface area contributed by atoms with E-state index in [1.54, 1.807) is 0 Å². The topological polar surface area (TPSA) is 0 Å². The average Bonchev–Trinajstić information content (AvgIpc) is 3.77. The van der Waals surface area contributed by atoms with Gasteiger partial charge in [-0.2, -0.15) is 32.4 Å². The fraction of sp³-hybridized carbons (Fsp3) is 0.190. The van der Waals surface area contributed by atoms with Gasteiger partial charge in [-0.1, -0.05) is 89.8 Å². The van der Waals surface area contributed by atoms with Crippen LogP contribution in [0, 0.1) is 27.7 Å². The van der Waals surface area contributed by atoms with Crippen molar-refractivity contribution >= 4 is 42.4 Å². The first kappa shape index (κ1) is 40.3. The molecule has 0 fully saturated rings. The zero-order valence-corrected chi connectivity index (χ0v) is 31.7. The van der Waals surface area contributed by atoms with Gasteiger partial charge in [0.1, 0.15) is 0 Å². The number of hydrogen-bond acceptors (Lipinski definition) is 0. The Morgan fingerprint density at radius 1 is 0.529 bits per heavy atom. The predicted octanol–water partition coefficient (Wildman–Crippen LogP) is 11.0. The van der Waals surface area contributed by atoms with Crippen molar-refractivity contribution in [1.82, 2.24) is 0 Å². The molecule has 0 N–H and O–H groups in total. The molecule has 6 aromatic carbocycles. The molecule has 0 aromatic heterocycles. The van der Waals surface area contributed by atoms with Crippen molar-refractivity contribution in [2.45, 2.75) is 52.6 Å². The Kier molecular flexibility index (Phi) is 13.4. The number of rotatable bonds is 7. The molecule has 0 amide bonds. The van der Waals surface area contributed by atoms with Crippen molar-refractivity contribution in [3.8, 4) is 0 Å². The molecule has 6 rings (SSSR count). The number of alkyl halides is 6. The molecule has 0 saturated heterocycles. The molecule has 9 heteroatoms. The molecule has 0 nitrogen and oxygen atoms in total. The van der Waals surface area contributed by atoms with Crippen molar-refractivity contribution in [3.63, 3.8) is 0 Å². The van der Waals surface area contributed by atoms with E-state index in [0.717, 1.165) is 57.4 Å². The first-order valence-electron chi connectivity index (χ1n) is 16.1. The minimum absolute atomic E-state index is 0. The maximum Gasteiger partial charge on any atom is 0.416 e. The third-order valence-electron chi connectivity index (χ3n) is 8.33. The van der Waals surface area contributed by atoms with E-state index in [4.69, 9.17) is 0 Å². The van der Waals surface area contributed by atoms with Crippen LogP contribution in [0.3, 0.4) is 0 Å². The quantitative estimate of drug-likeness (QED) is 0.0656. The molecule has 6 aromatic rings. The summed E-state index contributed by atoms with van der Waals surface area (Å²) >= 11 is 0. The van der Waals surface area contributed by atoms with Crippen LogP contribution in [0.1, 0.15) is 51.5 Å². The summed E-state index contributed by atoms with van der Waals surface area (Å²) in [5.74, 6) is 0. The Morgan fingerprint density at radius 2 is 0.882 bits per heavy atom. The average molecular weight is 775 g/mol. The van der Waals surface area contributed by atoms with Crippen LogP contribution in [-0.2, 0) is 29.4 Å². The smallest absolute Gasteiger partial charge is 0.416 e.